The normalized spacial score (nSPS) is 17.7. The number of carbonyl (C=O) groups is 2. The highest BCUT2D eigenvalue weighted by atomic mass is 16.2. The van der Waals surface area contributed by atoms with Gasteiger partial charge in [-0.05, 0) is 62.9 Å². The predicted octanol–water partition coefficient (Wildman–Crippen LogP) is 5.54. The van der Waals surface area contributed by atoms with Crippen LogP contribution in [-0.2, 0) is 22.6 Å². The molecule has 3 atom stereocenters. The lowest BCUT2D eigenvalue weighted by molar-refractivity contribution is -0.136. The fourth-order valence-corrected chi connectivity index (χ4v) is 5.15. The van der Waals surface area contributed by atoms with Gasteiger partial charge in [-0.15, -0.1) is 0 Å². The van der Waals surface area contributed by atoms with E-state index in [1.54, 1.807) is 0 Å². The van der Waals surface area contributed by atoms with Crippen LogP contribution in [0, 0.1) is 0 Å². The lowest BCUT2D eigenvalue weighted by atomic mass is 10.1. The third kappa shape index (κ3) is 4.97. The van der Waals surface area contributed by atoms with E-state index < -0.39 is 0 Å². The van der Waals surface area contributed by atoms with Gasteiger partial charge in [-0.3, -0.25) is 9.59 Å². The van der Waals surface area contributed by atoms with Gasteiger partial charge in [-0.1, -0.05) is 45.0 Å². The highest BCUT2D eigenvalue weighted by molar-refractivity contribution is 5.96. The zero-order chi connectivity index (χ0) is 25.1. The molecular formula is C29H38N4O2. The minimum atomic E-state index is -0.0609. The minimum Gasteiger partial charge on any atom is -0.336 e. The fourth-order valence-electron chi connectivity index (χ4n) is 5.15. The Bertz CT molecular complexity index is 1170. The number of hydrogen-bond acceptors (Lipinski definition) is 3. The molecule has 0 spiro atoms. The summed E-state index contributed by atoms with van der Waals surface area (Å²) in [5.41, 5.74) is 3.99. The van der Waals surface area contributed by atoms with Gasteiger partial charge in [0.05, 0.1) is 11.0 Å². The van der Waals surface area contributed by atoms with Gasteiger partial charge in [0.1, 0.15) is 12.4 Å². The molecule has 2 heterocycles. The number of hydrogen-bond donors (Lipinski definition) is 0. The molecule has 1 aliphatic heterocycles. The molecular weight excluding hydrogens is 436 g/mol. The molecule has 2 aromatic carbocycles. The zero-order valence-electron chi connectivity index (χ0n) is 21.7. The number of imidazole rings is 1. The SMILES string of the molecule is CCc1ccc(N2CC(c3nc4ccccc4n3CC(=O)N(C(C)CC)C(C)CC)CC2=O)cc1. The maximum absolute atomic E-state index is 13.6. The maximum Gasteiger partial charge on any atom is 0.243 e. The molecule has 186 valence electrons. The number of para-hydroxylation sites is 2. The molecule has 3 aromatic rings. The van der Waals surface area contributed by atoms with Crippen LogP contribution in [0.3, 0.4) is 0 Å². The largest absolute Gasteiger partial charge is 0.336 e. The Hall–Kier alpha value is -3.15. The Morgan fingerprint density at radius 3 is 2.31 bits per heavy atom. The first-order valence-electron chi connectivity index (χ1n) is 13.0. The average Bonchev–Trinajstić information content (AvgIpc) is 3.44. The summed E-state index contributed by atoms with van der Waals surface area (Å²) in [4.78, 5) is 35.5. The van der Waals surface area contributed by atoms with E-state index in [2.05, 4.69) is 51.3 Å². The summed E-state index contributed by atoms with van der Waals surface area (Å²) < 4.78 is 2.05. The maximum atomic E-state index is 13.6. The van der Waals surface area contributed by atoms with Crippen LogP contribution in [0.25, 0.3) is 11.0 Å². The molecule has 3 unspecified atom stereocenters. The number of fused-ring (bicyclic) bond motifs is 1. The molecule has 2 amide bonds. The van der Waals surface area contributed by atoms with Crippen molar-refractivity contribution in [3.63, 3.8) is 0 Å². The molecule has 1 aromatic heterocycles. The summed E-state index contributed by atoms with van der Waals surface area (Å²) in [5, 5.41) is 0. The number of rotatable bonds is 9. The summed E-state index contributed by atoms with van der Waals surface area (Å²) in [7, 11) is 0. The number of anilines is 1. The van der Waals surface area contributed by atoms with Crippen LogP contribution in [0.1, 0.15) is 71.2 Å². The van der Waals surface area contributed by atoms with E-state index in [0.29, 0.717) is 13.0 Å². The third-order valence-electron chi connectivity index (χ3n) is 7.54. The Labute approximate surface area is 208 Å². The molecule has 0 bridgehead atoms. The van der Waals surface area contributed by atoms with Gasteiger partial charge < -0.3 is 14.4 Å². The van der Waals surface area contributed by atoms with Gasteiger partial charge in [0.15, 0.2) is 0 Å². The first-order chi connectivity index (χ1) is 16.9. The summed E-state index contributed by atoms with van der Waals surface area (Å²) in [5.74, 6) is 0.975. The lowest BCUT2D eigenvalue weighted by Crippen LogP contribution is -2.46. The smallest absolute Gasteiger partial charge is 0.243 e. The van der Waals surface area contributed by atoms with E-state index in [9.17, 15) is 9.59 Å². The van der Waals surface area contributed by atoms with E-state index >= 15 is 0 Å². The van der Waals surface area contributed by atoms with Crippen molar-refractivity contribution in [1.82, 2.24) is 14.5 Å². The average molecular weight is 475 g/mol. The molecule has 0 radical (unpaired) electrons. The topological polar surface area (TPSA) is 58.4 Å². The van der Waals surface area contributed by atoms with Crippen molar-refractivity contribution < 1.29 is 9.59 Å². The van der Waals surface area contributed by atoms with Crippen molar-refractivity contribution in [2.75, 3.05) is 11.4 Å². The van der Waals surface area contributed by atoms with Crippen molar-refractivity contribution in [2.24, 2.45) is 0 Å². The first kappa shape index (κ1) is 25.0. The van der Waals surface area contributed by atoms with E-state index in [1.807, 2.05) is 46.2 Å². The lowest BCUT2D eigenvalue weighted by Gasteiger charge is -2.34. The molecule has 0 aliphatic carbocycles. The molecule has 6 nitrogen and oxygen atoms in total. The van der Waals surface area contributed by atoms with Gasteiger partial charge >= 0.3 is 0 Å². The van der Waals surface area contributed by atoms with Crippen LogP contribution in [0.5, 0.6) is 0 Å². The molecule has 0 saturated carbocycles. The molecule has 1 fully saturated rings. The fraction of sp³-hybridized carbons (Fsp3) is 0.483. The third-order valence-corrected chi connectivity index (χ3v) is 7.54. The Morgan fingerprint density at radius 1 is 1.03 bits per heavy atom. The minimum absolute atomic E-state index is 0.0609. The van der Waals surface area contributed by atoms with Crippen LogP contribution in [-0.4, -0.2) is 44.9 Å². The zero-order valence-corrected chi connectivity index (χ0v) is 21.7. The monoisotopic (exact) mass is 474 g/mol. The van der Waals surface area contributed by atoms with E-state index in [0.717, 1.165) is 41.8 Å². The molecule has 1 saturated heterocycles. The van der Waals surface area contributed by atoms with Gasteiger partial charge in [0.2, 0.25) is 11.8 Å². The van der Waals surface area contributed by atoms with Crippen LogP contribution >= 0.6 is 0 Å². The standard InChI is InChI=1S/C29H38N4O2/c1-6-20(4)33(21(5)7-2)28(35)19-32-26-12-10-9-11-25(26)30-29(32)23-17-27(34)31(18-23)24-15-13-22(8-3)14-16-24/h9-16,20-21,23H,6-8,17-19H2,1-5H3. The van der Waals surface area contributed by atoms with E-state index in [-0.39, 0.29) is 36.4 Å². The number of aryl methyl sites for hydroxylation is 1. The van der Waals surface area contributed by atoms with Crippen molar-refractivity contribution in [1.29, 1.82) is 0 Å². The number of carbonyl (C=O) groups excluding carboxylic acids is 2. The second-order valence-electron chi connectivity index (χ2n) is 9.79. The Kier molecular flexibility index (Phi) is 7.58. The highest BCUT2D eigenvalue weighted by Crippen LogP contribution is 2.33. The second-order valence-corrected chi connectivity index (χ2v) is 9.79. The summed E-state index contributed by atoms with van der Waals surface area (Å²) >= 11 is 0. The highest BCUT2D eigenvalue weighted by Gasteiger charge is 2.35. The van der Waals surface area contributed by atoms with Crippen molar-refractivity contribution in [2.45, 2.75) is 84.8 Å². The Balaban J connectivity index is 1.66. The molecule has 1 aliphatic rings. The van der Waals surface area contributed by atoms with Gasteiger partial charge in [-0.25, -0.2) is 4.98 Å². The van der Waals surface area contributed by atoms with Gasteiger partial charge in [-0.2, -0.15) is 0 Å². The van der Waals surface area contributed by atoms with Gasteiger partial charge in [0, 0.05) is 36.7 Å². The number of aromatic nitrogens is 2. The molecule has 35 heavy (non-hydrogen) atoms. The van der Waals surface area contributed by atoms with Crippen LogP contribution in [0.2, 0.25) is 0 Å². The quantitative estimate of drug-likeness (QED) is 0.409. The summed E-state index contributed by atoms with van der Waals surface area (Å²) in [6.07, 6.45) is 3.19. The molecule has 0 N–H and O–H groups in total. The van der Waals surface area contributed by atoms with Crippen LogP contribution < -0.4 is 4.90 Å². The van der Waals surface area contributed by atoms with Crippen molar-refractivity contribution in [3.8, 4) is 0 Å². The molecule has 6 heteroatoms. The molecule has 4 rings (SSSR count). The van der Waals surface area contributed by atoms with E-state index in [1.165, 1.54) is 5.56 Å². The predicted molar refractivity (Wildman–Crippen MR) is 142 cm³/mol. The summed E-state index contributed by atoms with van der Waals surface area (Å²) in [6, 6.07) is 16.5. The Morgan fingerprint density at radius 2 is 1.69 bits per heavy atom. The van der Waals surface area contributed by atoms with Crippen molar-refractivity contribution >= 4 is 28.5 Å². The first-order valence-corrected chi connectivity index (χ1v) is 13.0. The van der Waals surface area contributed by atoms with Crippen LogP contribution in [0.15, 0.2) is 48.5 Å². The number of amides is 2. The van der Waals surface area contributed by atoms with E-state index in [4.69, 9.17) is 4.98 Å². The number of nitrogens with zero attached hydrogens (tertiary/aromatic N) is 4. The second kappa shape index (κ2) is 10.6. The number of benzene rings is 2. The van der Waals surface area contributed by atoms with Crippen LogP contribution in [0.4, 0.5) is 5.69 Å². The van der Waals surface area contributed by atoms with Crippen molar-refractivity contribution in [3.05, 3.63) is 59.9 Å². The van der Waals surface area contributed by atoms with Gasteiger partial charge in [0.25, 0.3) is 0 Å². The summed E-state index contributed by atoms with van der Waals surface area (Å²) in [6.45, 7) is 11.4.